The van der Waals surface area contributed by atoms with Crippen LogP contribution in [0.3, 0.4) is 0 Å². The second-order valence-corrected chi connectivity index (χ2v) is 9.64. The Labute approximate surface area is 173 Å². The lowest BCUT2D eigenvalue weighted by molar-refractivity contribution is -0.120. The fraction of sp³-hybridized carbons (Fsp3) is 0.300. The van der Waals surface area contributed by atoms with Gasteiger partial charge in [-0.3, -0.25) is 9.59 Å². The van der Waals surface area contributed by atoms with Crippen molar-refractivity contribution in [1.82, 2.24) is 4.31 Å². The molecule has 2 aromatic carbocycles. The summed E-state index contributed by atoms with van der Waals surface area (Å²) >= 11 is 3.30. The normalized spacial score (nSPS) is 17.9. The molecule has 1 fully saturated rings. The Balaban J connectivity index is 1.72. The minimum absolute atomic E-state index is 0.0828. The predicted molar refractivity (Wildman–Crippen MR) is 111 cm³/mol. The Kier molecular flexibility index (Phi) is 6.32. The number of benzene rings is 2. The molecule has 8 heteroatoms. The summed E-state index contributed by atoms with van der Waals surface area (Å²) < 4.78 is 27.9. The van der Waals surface area contributed by atoms with Crippen LogP contribution in [0.5, 0.6) is 0 Å². The highest BCUT2D eigenvalue weighted by Crippen LogP contribution is 2.26. The van der Waals surface area contributed by atoms with Crippen LogP contribution in [0.15, 0.2) is 57.9 Å². The van der Waals surface area contributed by atoms with Gasteiger partial charge in [0.1, 0.15) is 0 Å². The minimum atomic E-state index is -3.65. The Morgan fingerprint density at radius 2 is 1.86 bits per heavy atom. The monoisotopic (exact) mass is 464 g/mol. The van der Waals surface area contributed by atoms with E-state index in [0.717, 1.165) is 4.47 Å². The summed E-state index contributed by atoms with van der Waals surface area (Å²) in [6.45, 7) is 1.99. The number of anilines is 1. The molecule has 2 aromatic rings. The van der Waals surface area contributed by atoms with Gasteiger partial charge in [-0.25, -0.2) is 8.42 Å². The smallest absolute Gasteiger partial charge is 0.243 e. The molecule has 1 aliphatic rings. The van der Waals surface area contributed by atoms with E-state index in [9.17, 15) is 18.0 Å². The quantitative estimate of drug-likeness (QED) is 0.683. The molecule has 1 N–H and O–H groups in total. The topological polar surface area (TPSA) is 83.6 Å². The maximum absolute atomic E-state index is 12.9. The number of rotatable bonds is 5. The van der Waals surface area contributed by atoms with Gasteiger partial charge in [0.2, 0.25) is 15.9 Å². The summed E-state index contributed by atoms with van der Waals surface area (Å²) in [5, 5.41) is 2.81. The first-order chi connectivity index (χ1) is 13.3. The van der Waals surface area contributed by atoms with Gasteiger partial charge < -0.3 is 5.32 Å². The number of hydrogen-bond donors (Lipinski definition) is 1. The van der Waals surface area contributed by atoms with Gasteiger partial charge in [-0.15, -0.1) is 0 Å². The zero-order valence-electron chi connectivity index (χ0n) is 15.4. The summed E-state index contributed by atoms with van der Waals surface area (Å²) in [6, 6.07) is 13.2. The zero-order valence-corrected chi connectivity index (χ0v) is 17.8. The summed E-state index contributed by atoms with van der Waals surface area (Å²) in [6.07, 6.45) is 1.23. The first-order valence-corrected chi connectivity index (χ1v) is 11.2. The van der Waals surface area contributed by atoms with Crippen molar-refractivity contribution in [2.45, 2.75) is 24.7 Å². The molecule has 0 unspecified atom stereocenters. The van der Waals surface area contributed by atoms with Crippen LogP contribution < -0.4 is 5.32 Å². The Morgan fingerprint density at radius 1 is 1.14 bits per heavy atom. The maximum Gasteiger partial charge on any atom is 0.243 e. The number of carbonyl (C=O) groups excluding carboxylic acids is 2. The van der Waals surface area contributed by atoms with Crippen molar-refractivity contribution in [3.63, 3.8) is 0 Å². The second kappa shape index (κ2) is 8.55. The average Bonchev–Trinajstić information content (AvgIpc) is 2.68. The lowest BCUT2D eigenvalue weighted by Gasteiger charge is -2.31. The van der Waals surface area contributed by atoms with Crippen LogP contribution in [-0.4, -0.2) is 37.5 Å². The van der Waals surface area contributed by atoms with E-state index in [4.69, 9.17) is 0 Å². The Bertz CT molecular complexity index is 990. The predicted octanol–water partition coefficient (Wildman–Crippen LogP) is 3.69. The van der Waals surface area contributed by atoms with Crippen molar-refractivity contribution in [2.24, 2.45) is 5.92 Å². The molecule has 3 rings (SSSR count). The third kappa shape index (κ3) is 4.68. The molecule has 0 saturated carbocycles. The molecule has 1 saturated heterocycles. The van der Waals surface area contributed by atoms with E-state index in [1.54, 1.807) is 48.5 Å². The fourth-order valence-electron chi connectivity index (χ4n) is 3.19. The molecule has 28 heavy (non-hydrogen) atoms. The third-order valence-corrected chi connectivity index (χ3v) is 7.15. The highest BCUT2D eigenvalue weighted by atomic mass is 79.9. The van der Waals surface area contributed by atoms with Gasteiger partial charge in [-0.2, -0.15) is 4.31 Å². The van der Waals surface area contributed by atoms with Gasteiger partial charge in [-0.1, -0.05) is 28.1 Å². The second-order valence-electron chi connectivity index (χ2n) is 6.78. The first-order valence-electron chi connectivity index (χ1n) is 8.95. The van der Waals surface area contributed by atoms with Gasteiger partial charge in [0, 0.05) is 28.8 Å². The van der Waals surface area contributed by atoms with Crippen molar-refractivity contribution in [3.05, 3.63) is 58.6 Å². The zero-order chi connectivity index (χ0) is 20.3. The molecule has 6 nitrogen and oxygen atoms in total. The van der Waals surface area contributed by atoms with E-state index >= 15 is 0 Å². The number of ketones is 1. The van der Waals surface area contributed by atoms with Crippen molar-refractivity contribution in [1.29, 1.82) is 0 Å². The number of Topliss-reactive ketones (excluding diaryl/α,β-unsaturated/α-hetero) is 1. The standard InChI is InChI=1S/C20H21BrN2O4S/c1-14(24)15-4-2-6-18(12-15)22-20(25)16-5-3-11-23(13-16)28(26,27)19-9-7-17(21)8-10-19/h2,4,6-10,12,16H,3,5,11,13H2,1H3,(H,22,25)/t16-/m0/s1. The molecule has 0 radical (unpaired) electrons. The van der Waals surface area contributed by atoms with E-state index in [1.165, 1.54) is 11.2 Å². The largest absolute Gasteiger partial charge is 0.326 e. The maximum atomic E-state index is 12.9. The number of nitrogens with zero attached hydrogens (tertiary/aromatic N) is 1. The number of carbonyl (C=O) groups is 2. The molecule has 148 valence electrons. The molecule has 0 spiro atoms. The molecule has 1 heterocycles. The lowest BCUT2D eigenvalue weighted by Crippen LogP contribution is -2.43. The number of nitrogens with one attached hydrogen (secondary N) is 1. The van der Waals surface area contributed by atoms with E-state index in [1.807, 2.05) is 0 Å². The molecule has 1 amide bonds. The van der Waals surface area contributed by atoms with Crippen LogP contribution in [0.2, 0.25) is 0 Å². The lowest BCUT2D eigenvalue weighted by atomic mass is 9.98. The first kappa shape index (κ1) is 20.7. The van der Waals surface area contributed by atoms with Crippen LogP contribution in [0.4, 0.5) is 5.69 Å². The summed E-state index contributed by atoms with van der Waals surface area (Å²) in [4.78, 5) is 24.4. The van der Waals surface area contributed by atoms with Gasteiger partial charge in [0.05, 0.1) is 10.8 Å². The molecule has 1 aliphatic heterocycles. The number of amides is 1. The molecular weight excluding hydrogens is 444 g/mol. The number of sulfonamides is 1. The van der Waals surface area contributed by atoms with E-state index in [-0.39, 0.29) is 23.1 Å². The van der Waals surface area contributed by atoms with Gasteiger partial charge in [0.15, 0.2) is 5.78 Å². The van der Waals surface area contributed by atoms with Crippen molar-refractivity contribution < 1.29 is 18.0 Å². The van der Waals surface area contributed by atoms with E-state index < -0.39 is 15.9 Å². The molecule has 0 bridgehead atoms. The highest BCUT2D eigenvalue weighted by Gasteiger charge is 2.33. The Hall–Kier alpha value is -2.03. The van der Waals surface area contributed by atoms with E-state index in [2.05, 4.69) is 21.2 Å². The Morgan fingerprint density at radius 3 is 2.54 bits per heavy atom. The van der Waals surface area contributed by atoms with Gasteiger partial charge >= 0.3 is 0 Å². The van der Waals surface area contributed by atoms with Crippen molar-refractivity contribution in [2.75, 3.05) is 18.4 Å². The van der Waals surface area contributed by atoms with Crippen LogP contribution in [-0.2, 0) is 14.8 Å². The summed E-state index contributed by atoms with van der Waals surface area (Å²) in [5.74, 6) is -0.767. The van der Waals surface area contributed by atoms with Gasteiger partial charge in [-0.05, 0) is 56.2 Å². The number of hydrogen-bond acceptors (Lipinski definition) is 4. The van der Waals surface area contributed by atoms with Crippen LogP contribution >= 0.6 is 15.9 Å². The molecule has 0 aliphatic carbocycles. The SMILES string of the molecule is CC(=O)c1cccc(NC(=O)[C@H]2CCCN(S(=O)(=O)c3ccc(Br)cc3)C2)c1. The number of piperidine rings is 1. The summed E-state index contributed by atoms with van der Waals surface area (Å²) in [7, 11) is -3.65. The fourth-order valence-corrected chi connectivity index (χ4v) is 4.98. The van der Waals surface area contributed by atoms with Crippen LogP contribution in [0.1, 0.15) is 30.1 Å². The molecule has 0 aromatic heterocycles. The minimum Gasteiger partial charge on any atom is -0.326 e. The van der Waals surface area contributed by atoms with Crippen molar-refractivity contribution >= 4 is 43.3 Å². The van der Waals surface area contributed by atoms with Crippen LogP contribution in [0, 0.1) is 5.92 Å². The third-order valence-electron chi connectivity index (χ3n) is 4.74. The highest BCUT2D eigenvalue weighted by molar-refractivity contribution is 9.10. The molecule has 1 atom stereocenters. The summed E-state index contributed by atoms with van der Waals surface area (Å²) in [5.41, 5.74) is 1.05. The average molecular weight is 465 g/mol. The molecular formula is C20H21BrN2O4S. The number of halogens is 1. The van der Waals surface area contributed by atoms with Crippen LogP contribution in [0.25, 0.3) is 0 Å². The van der Waals surface area contributed by atoms with E-state index in [0.29, 0.717) is 30.6 Å². The van der Waals surface area contributed by atoms with Crippen molar-refractivity contribution in [3.8, 4) is 0 Å². The van der Waals surface area contributed by atoms with Gasteiger partial charge in [0.25, 0.3) is 0 Å².